The van der Waals surface area contributed by atoms with E-state index in [-0.39, 0.29) is 5.91 Å². The zero-order valence-corrected chi connectivity index (χ0v) is 27.4. The molecule has 0 saturated carbocycles. The number of carbonyl (C=O) groups excluding carboxylic acids is 1. The molecule has 1 amide bonds. The normalized spacial score (nSPS) is 11.9. The van der Waals surface area contributed by atoms with Crippen LogP contribution in [0.2, 0.25) is 0 Å². The molecule has 1 atom stereocenters. The molecular weight excluding hydrogens is 586 g/mol. The first kappa shape index (κ1) is 33.8. The molecule has 238 valence electrons. The zero-order valence-electron chi connectivity index (χ0n) is 26.6. The highest BCUT2D eigenvalue weighted by Gasteiger charge is 2.15. The topological polar surface area (TPSA) is 97.7 Å². The van der Waals surface area contributed by atoms with Gasteiger partial charge in [-0.05, 0) is 102 Å². The van der Waals surface area contributed by atoms with Gasteiger partial charge in [-0.1, -0.05) is 32.4 Å². The molecule has 0 bridgehead atoms. The molecule has 1 N–H and O–H groups in total. The average molecular weight is 630 g/mol. The Bertz CT molecular complexity index is 1550. The van der Waals surface area contributed by atoms with Crippen molar-refractivity contribution in [3.05, 3.63) is 96.1 Å². The van der Waals surface area contributed by atoms with Crippen LogP contribution in [-0.2, 0) is 33.0 Å². The molecule has 0 aliphatic rings. The van der Waals surface area contributed by atoms with E-state index in [0.717, 1.165) is 66.1 Å². The molecule has 8 nitrogen and oxygen atoms in total. The van der Waals surface area contributed by atoms with Crippen molar-refractivity contribution in [1.82, 2.24) is 9.55 Å². The minimum absolute atomic E-state index is 0.281. The average Bonchev–Trinajstić information content (AvgIpc) is 3.48. The standard InChI is InChI=1S/C36H43N3O5S/c1-5-7-19-43-20-21-44-32-12-15-34(27(3)22-32)28-8-16-35(42-4)29(23-28)9-17-36(40)38-30-10-13-33(14-11-30)45(41)25-31-24-37-26-39(31)18-6-2/h8-17,22-24,26H,5-7,18-21,25H2,1-4H3,(H,38,40)/b17-9+/t45-/m1/s1. The number of hydrogen-bond donors (Lipinski definition) is 1. The van der Waals surface area contributed by atoms with Gasteiger partial charge >= 0.3 is 0 Å². The van der Waals surface area contributed by atoms with Gasteiger partial charge in [-0.25, -0.2) is 4.98 Å². The number of ether oxygens (including phenoxy) is 3. The number of amides is 1. The van der Waals surface area contributed by atoms with Gasteiger partial charge in [0.15, 0.2) is 10.6 Å². The van der Waals surface area contributed by atoms with Crippen LogP contribution in [0.3, 0.4) is 0 Å². The summed E-state index contributed by atoms with van der Waals surface area (Å²) in [6.07, 6.45) is 9.92. The van der Waals surface area contributed by atoms with Gasteiger partial charge < -0.3 is 28.6 Å². The number of nitrogens with one attached hydrogen (secondary N) is 1. The maximum atomic E-state index is 12.9. The molecule has 0 aliphatic heterocycles. The van der Waals surface area contributed by atoms with Crippen LogP contribution in [0, 0.1) is 6.92 Å². The third-order valence-corrected chi connectivity index (χ3v) is 8.57. The summed E-state index contributed by atoms with van der Waals surface area (Å²) >= 11 is -1.22. The molecule has 0 fully saturated rings. The molecule has 0 spiro atoms. The van der Waals surface area contributed by atoms with Crippen molar-refractivity contribution in [1.29, 1.82) is 0 Å². The van der Waals surface area contributed by atoms with Gasteiger partial charge in [0.1, 0.15) is 18.1 Å². The van der Waals surface area contributed by atoms with Gasteiger partial charge in [-0.3, -0.25) is 4.79 Å². The first-order valence-corrected chi connectivity index (χ1v) is 16.7. The molecule has 4 aromatic rings. The number of benzene rings is 3. The van der Waals surface area contributed by atoms with E-state index in [9.17, 15) is 9.35 Å². The lowest BCUT2D eigenvalue weighted by Gasteiger charge is -2.13. The highest BCUT2D eigenvalue weighted by Crippen LogP contribution is 2.31. The Kier molecular flexibility index (Phi) is 13.1. The lowest BCUT2D eigenvalue weighted by molar-refractivity contribution is -0.111. The maximum Gasteiger partial charge on any atom is 0.248 e. The third kappa shape index (κ3) is 9.97. The summed E-state index contributed by atoms with van der Waals surface area (Å²) in [5.74, 6) is 1.58. The van der Waals surface area contributed by atoms with Crippen molar-refractivity contribution < 1.29 is 23.6 Å². The monoisotopic (exact) mass is 629 g/mol. The lowest BCUT2D eigenvalue weighted by Crippen LogP contribution is -2.11. The Labute approximate surface area is 269 Å². The van der Waals surface area contributed by atoms with Crippen LogP contribution in [0.1, 0.15) is 49.9 Å². The number of aromatic nitrogens is 2. The largest absolute Gasteiger partial charge is 0.611 e. The van der Waals surface area contributed by atoms with Crippen molar-refractivity contribution in [2.24, 2.45) is 0 Å². The second-order valence-corrected chi connectivity index (χ2v) is 12.1. The number of rotatable bonds is 17. The summed E-state index contributed by atoms with van der Waals surface area (Å²) in [5.41, 5.74) is 5.49. The van der Waals surface area contributed by atoms with Gasteiger partial charge in [0.05, 0.1) is 31.9 Å². The second kappa shape index (κ2) is 17.4. The fourth-order valence-electron chi connectivity index (χ4n) is 4.82. The molecule has 45 heavy (non-hydrogen) atoms. The van der Waals surface area contributed by atoms with E-state index in [1.807, 2.05) is 41.0 Å². The van der Waals surface area contributed by atoms with Crippen molar-refractivity contribution >= 4 is 28.8 Å². The van der Waals surface area contributed by atoms with Crippen molar-refractivity contribution in [2.45, 2.75) is 57.2 Å². The first-order chi connectivity index (χ1) is 21.9. The van der Waals surface area contributed by atoms with Crippen LogP contribution < -0.4 is 14.8 Å². The molecular formula is C36H43N3O5S. The molecule has 4 rings (SSSR count). The van der Waals surface area contributed by atoms with Crippen LogP contribution in [0.5, 0.6) is 11.5 Å². The van der Waals surface area contributed by atoms with Gasteiger partial charge in [0.25, 0.3) is 0 Å². The Morgan fingerprint density at radius 3 is 2.58 bits per heavy atom. The quantitative estimate of drug-likeness (QED) is 0.0741. The van der Waals surface area contributed by atoms with E-state index in [0.29, 0.717) is 35.3 Å². The van der Waals surface area contributed by atoms with E-state index < -0.39 is 11.2 Å². The summed E-state index contributed by atoms with van der Waals surface area (Å²) in [6.45, 7) is 8.98. The van der Waals surface area contributed by atoms with E-state index >= 15 is 0 Å². The number of anilines is 1. The smallest absolute Gasteiger partial charge is 0.248 e. The van der Waals surface area contributed by atoms with E-state index in [1.54, 1.807) is 50.0 Å². The van der Waals surface area contributed by atoms with Gasteiger partial charge in [0, 0.05) is 30.5 Å². The van der Waals surface area contributed by atoms with Gasteiger partial charge in [-0.2, -0.15) is 0 Å². The van der Waals surface area contributed by atoms with E-state index in [4.69, 9.17) is 14.2 Å². The molecule has 0 radical (unpaired) electrons. The van der Waals surface area contributed by atoms with Crippen molar-refractivity contribution in [3.8, 4) is 22.6 Å². The summed E-state index contributed by atoms with van der Waals surface area (Å²) in [4.78, 5) is 17.7. The fraction of sp³-hybridized carbons (Fsp3) is 0.333. The number of nitrogens with zero attached hydrogens (tertiary/aromatic N) is 2. The number of aryl methyl sites for hydroxylation is 2. The second-order valence-electron chi connectivity index (χ2n) is 10.7. The summed E-state index contributed by atoms with van der Waals surface area (Å²) in [7, 11) is 1.61. The first-order valence-electron chi connectivity index (χ1n) is 15.4. The number of methoxy groups -OCH3 is 1. The summed E-state index contributed by atoms with van der Waals surface area (Å²) < 4.78 is 32.0. The van der Waals surface area contributed by atoms with Crippen LogP contribution in [-0.4, -0.2) is 46.9 Å². The highest BCUT2D eigenvalue weighted by atomic mass is 32.2. The molecule has 1 aromatic heterocycles. The summed E-state index contributed by atoms with van der Waals surface area (Å²) in [5, 5.41) is 2.88. The predicted octanol–water partition coefficient (Wildman–Crippen LogP) is 7.43. The molecule has 1 heterocycles. The molecule has 0 aliphatic carbocycles. The Hall–Kier alpha value is -4.05. The van der Waals surface area contributed by atoms with E-state index in [2.05, 4.69) is 31.1 Å². The lowest BCUT2D eigenvalue weighted by atomic mass is 9.98. The van der Waals surface area contributed by atoms with Crippen molar-refractivity contribution in [3.63, 3.8) is 0 Å². The summed E-state index contributed by atoms with van der Waals surface area (Å²) in [6, 6.07) is 19.0. The fourth-order valence-corrected chi connectivity index (χ4v) is 5.93. The van der Waals surface area contributed by atoms with Crippen molar-refractivity contribution in [2.75, 3.05) is 32.2 Å². The van der Waals surface area contributed by atoms with E-state index in [1.165, 1.54) is 6.08 Å². The molecule has 0 unspecified atom stereocenters. The number of unbranched alkanes of at least 4 members (excludes halogenated alkanes) is 1. The van der Waals surface area contributed by atoms with Crippen LogP contribution in [0.15, 0.2) is 84.2 Å². The Morgan fingerprint density at radius 2 is 1.84 bits per heavy atom. The molecule has 0 saturated heterocycles. The zero-order chi connectivity index (χ0) is 32.0. The predicted molar refractivity (Wildman–Crippen MR) is 181 cm³/mol. The number of hydrogen-bond acceptors (Lipinski definition) is 6. The Balaban J connectivity index is 1.36. The minimum atomic E-state index is -1.22. The number of carbonyl (C=O) groups is 1. The Morgan fingerprint density at radius 1 is 1.02 bits per heavy atom. The van der Waals surface area contributed by atoms with Crippen LogP contribution in [0.25, 0.3) is 17.2 Å². The SMILES string of the molecule is CCCCOCCOc1ccc(-c2ccc(OC)c(/C=C/C(=O)Nc3ccc([S@+]([O-])Cc4cncn4CCC)cc3)c2)c(C)c1. The van der Waals surface area contributed by atoms with Crippen LogP contribution >= 0.6 is 0 Å². The van der Waals surface area contributed by atoms with Gasteiger partial charge in [-0.15, -0.1) is 0 Å². The maximum absolute atomic E-state index is 12.9. The van der Waals surface area contributed by atoms with Crippen LogP contribution in [0.4, 0.5) is 5.69 Å². The minimum Gasteiger partial charge on any atom is -0.611 e. The third-order valence-electron chi connectivity index (χ3n) is 7.22. The van der Waals surface area contributed by atoms with Gasteiger partial charge in [0.2, 0.25) is 5.91 Å². The number of imidazole rings is 1. The molecule has 3 aromatic carbocycles. The highest BCUT2D eigenvalue weighted by molar-refractivity contribution is 7.90. The molecule has 9 heteroatoms.